The Labute approximate surface area is 351 Å². The van der Waals surface area contributed by atoms with Gasteiger partial charge in [-0.15, -0.1) is 6.10 Å². The molecular weight excluding hydrogens is 814 g/mol. The van der Waals surface area contributed by atoms with E-state index in [1.165, 1.54) is 6.20 Å². The van der Waals surface area contributed by atoms with Crippen LogP contribution >= 0.6 is 0 Å². The van der Waals surface area contributed by atoms with Crippen LogP contribution in [0.1, 0.15) is 58.8 Å². The standard InChI is InChI=1S/C40H54N9O5.2Cu/c1-54-31-37(50)24-41-17-7-2-3-14-39(52)45-21-22-46-40(53)32-15-16-36(47-23-32)28-49(27-35-13-6-10-20-44-35)30-38(51)29-48(25-33-11-4-8-18-42-33)26-34-12-5-9-19-43-34;;/h4-6,8-13,15-16,18-20,23,37-38,41,50H,2-3,7,14,17,21-22,24-31H2,1H3,(H,45,52)(H,46,53);;/q-1;2*+2/p+1. The van der Waals surface area contributed by atoms with Crippen LogP contribution in [0.2, 0.25) is 0 Å². The van der Waals surface area contributed by atoms with E-state index in [9.17, 15) is 19.8 Å². The second kappa shape index (κ2) is 28.7. The third-order valence-corrected chi connectivity index (χ3v) is 8.57. The van der Waals surface area contributed by atoms with Crippen molar-refractivity contribution < 1.29 is 64.0 Å². The van der Waals surface area contributed by atoms with Crippen LogP contribution in [0.25, 0.3) is 0 Å². The van der Waals surface area contributed by atoms with Crippen LogP contribution in [0.3, 0.4) is 0 Å². The molecule has 2 atom stereocenters. The number of nitrogens with one attached hydrogen (secondary N) is 2. The second-order valence-corrected chi connectivity index (χ2v) is 13.3. The molecule has 0 aromatic carbocycles. The number of aromatic nitrogens is 4. The molecule has 2 radical (unpaired) electrons. The molecular formula is C40H55Cu2N9O5+4. The average molecular weight is 869 g/mol. The largest absolute Gasteiger partial charge is 2.00 e. The van der Waals surface area contributed by atoms with Crippen molar-refractivity contribution in [3.8, 4) is 0 Å². The van der Waals surface area contributed by atoms with Crippen molar-refractivity contribution in [1.29, 1.82) is 0 Å². The molecule has 4 aromatic rings. The first-order chi connectivity index (χ1) is 26.4. The molecule has 308 valence electrons. The van der Waals surface area contributed by atoms with Crippen LogP contribution in [0.15, 0.2) is 91.5 Å². The van der Waals surface area contributed by atoms with Gasteiger partial charge < -0.3 is 30.9 Å². The van der Waals surface area contributed by atoms with Gasteiger partial charge in [0.15, 0.2) is 0 Å². The first-order valence-electron chi connectivity index (χ1n) is 18.7. The van der Waals surface area contributed by atoms with E-state index < -0.39 is 12.2 Å². The van der Waals surface area contributed by atoms with Crippen LogP contribution in [-0.2, 0) is 69.8 Å². The number of aliphatic hydroxyl groups is 1. The third kappa shape index (κ3) is 20.0. The van der Waals surface area contributed by atoms with Crippen LogP contribution in [-0.4, -0.2) is 112 Å². The van der Waals surface area contributed by atoms with Gasteiger partial charge in [-0.1, -0.05) is 18.2 Å². The first kappa shape index (κ1) is 48.5. The molecule has 5 N–H and O–H groups in total. The number of unbranched alkanes of at least 4 members (excludes halogenated alkanes) is 2. The van der Waals surface area contributed by atoms with Crippen molar-refractivity contribution in [3.63, 3.8) is 0 Å². The molecule has 0 fully saturated rings. The maximum atomic E-state index is 13.7. The van der Waals surface area contributed by atoms with Gasteiger partial charge in [0.05, 0.1) is 41.5 Å². The molecule has 0 aliphatic heterocycles. The summed E-state index contributed by atoms with van der Waals surface area (Å²) in [4.78, 5) is 47.1. The molecule has 14 nitrogen and oxygen atoms in total. The van der Waals surface area contributed by atoms with Gasteiger partial charge in [0, 0.05) is 77.6 Å². The molecule has 4 heterocycles. The molecule has 56 heavy (non-hydrogen) atoms. The van der Waals surface area contributed by atoms with E-state index in [-0.39, 0.29) is 52.5 Å². The smallest absolute Gasteiger partial charge is 0.850 e. The molecule has 0 saturated heterocycles. The van der Waals surface area contributed by atoms with E-state index in [1.807, 2.05) is 59.5 Å². The number of ether oxygens (including phenoxy) is 1. The summed E-state index contributed by atoms with van der Waals surface area (Å²) >= 11 is 0. The summed E-state index contributed by atoms with van der Waals surface area (Å²) in [5, 5.41) is 31.1. The fraction of sp³-hybridized carbons (Fsp3) is 0.450. The minimum absolute atomic E-state index is 0. The fourth-order valence-electron chi connectivity index (χ4n) is 5.94. The first-order valence-corrected chi connectivity index (χ1v) is 18.7. The summed E-state index contributed by atoms with van der Waals surface area (Å²) in [5.41, 5.74) is 3.75. The SMILES string of the molecule is COCC(O)C[NH2+]CCCCCC(=O)NCCNC(=O)c1ccc(CN(Cc2ccccn2)CC([O-])CN(Cc2ccccn2)Cc2ccccn2)nc1.[Cu+2].[Cu+2]. The Morgan fingerprint density at radius 3 is 1.77 bits per heavy atom. The molecule has 16 heteroatoms. The van der Waals surface area contributed by atoms with Gasteiger partial charge in [0.2, 0.25) is 5.91 Å². The summed E-state index contributed by atoms with van der Waals surface area (Å²) in [6, 6.07) is 20.8. The van der Waals surface area contributed by atoms with Gasteiger partial charge in [-0.05, 0) is 80.9 Å². The molecule has 0 aliphatic rings. The number of amides is 2. The number of pyridine rings is 4. The third-order valence-electron chi connectivity index (χ3n) is 8.57. The molecule has 0 spiro atoms. The minimum Gasteiger partial charge on any atom is -0.850 e. The van der Waals surface area contributed by atoms with Gasteiger partial charge in [0.25, 0.3) is 5.91 Å². The zero-order valence-corrected chi connectivity index (χ0v) is 33.7. The Morgan fingerprint density at radius 1 is 0.750 bits per heavy atom. The monoisotopic (exact) mass is 867 g/mol. The van der Waals surface area contributed by atoms with E-state index in [1.54, 1.807) is 37.8 Å². The van der Waals surface area contributed by atoms with Gasteiger partial charge in [-0.2, -0.15) is 0 Å². The van der Waals surface area contributed by atoms with Gasteiger partial charge in [0.1, 0.15) is 12.6 Å². The zero-order valence-electron chi connectivity index (χ0n) is 31.9. The number of hydrogen-bond acceptors (Lipinski definition) is 11. The number of methoxy groups -OCH3 is 1. The Balaban J connectivity index is 0.00000541. The van der Waals surface area contributed by atoms with Crippen LogP contribution < -0.4 is 21.1 Å². The Morgan fingerprint density at radius 2 is 1.29 bits per heavy atom. The van der Waals surface area contributed by atoms with Crippen LogP contribution in [0.4, 0.5) is 0 Å². The van der Waals surface area contributed by atoms with E-state index >= 15 is 0 Å². The topological polar surface area (TPSA) is 185 Å². The zero-order chi connectivity index (χ0) is 38.2. The molecule has 4 rings (SSSR count). The maximum absolute atomic E-state index is 13.7. The van der Waals surface area contributed by atoms with Crippen LogP contribution in [0.5, 0.6) is 0 Å². The number of carbonyl (C=O) groups is 2. The Kier molecular flexibility index (Phi) is 24.8. The van der Waals surface area contributed by atoms with Crippen molar-refractivity contribution in [1.82, 2.24) is 40.4 Å². The minimum atomic E-state index is -0.942. The van der Waals surface area contributed by atoms with Crippen molar-refractivity contribution in [3.05, 3.63) is 120 Å². The Bertz CT molecular complexity index is 1580. The number of nitrogens with two attached hydrogens (primary N) is 1. The average Bonchev–Trinajstić information content (AvgIpc) is 3.17. The van der Waals surface area contributed by atoms with E-state index in [2.05, 4.69) is 40.8 Å². The number of rotatable bonds is 26. The molecule has 0 saturated carbocycles. The second-order valence-electron chi connectivity index (χ2n) is 13.3. The number of carbonyl (C=O) groups excluding carboxylic acids is 2. The van der Waals surface area contributed by atoms with Gasteiger partial charge >= 0.3 is 34.1 Å². The van der Waals surface area contributed by atoms with Crippen molar-refractivity contribution >= 4 is 11.8 Å². The number of quaternary nitrogens is 1. The summed E-state index contributed by atoms with van der Waals surface area (Å²) in [5.74, 6) is -0.319. The predicted molar refractivity (Wildman–Crippen MR) is 202 cm³/mol. The molecule has 0 aliphatic carbocycles. The maximum Gasteiger partial charge on any atom is 2.00 e. The predicted octanol–water partition coefficient (Wildman–Crippen LogP) is 0.672. The van der Waals surface area contributed by atoms with Gasteiger partial charge in [-0.25, -0.2) is 0 Å². The van der Waals surface area contributed by atoms with Crippen molar-refractivity contribution in [2.24, 2.45) is 0 Å². The normalized spacial score (nSPS) is 12.0. The van der Waals surface area contributed by atoms with E-state index in [4.69, 9.17) is 4.74 Å². The summed E-state index contributed by atoms with van der Waals surface area (Å²) in [6.45, 7) is 4.94. The number of aliphatic hydroxyl groups excluding tert-OH is 1. The quantitative estimate of drug-likeness (QED) is 0.0514. The Hall–Kier alpha value is -3.66. The van der Waals surface area contributed by atoms with E-state index in [0.29, 0.717) is 70.9 Å². The molecule has 2 unspecified atom stereocenters. The molecule has 2 amide bonds. The van der Waals surface area contributed by atoms with Gasteiger partial charge in [-0.3, -0.25) is 39.3 Å². The number of nitrogens with zero attached hydrogens (tertiary/aromatic N) is 6. The summed E-state index contributed by atoms with van der Waals surface area (Å²) < 4.78 is 4.92. The van der Waals surface area contributed by atoms with Crippen molar-refractivity contribution in [2.75, 3.05) is 53.0 Å². The van der Waals surface area contributed by atoms with Crippen molar-refractivity contribution in [2.45, 2.75) is 64.1 Å². The van der Waals surface area contributed by atoms with E-state index in [0.717, 1.165) is 48.6 Å². The van der Waals surface area contributed by atoms with Crippen LogP contribution in [0, 0.1) is 0 Å². The summed E-state index contributed by atoms with van der Waals surface area (Å²) in [7, 11) is 1.57. The molecule has 0 bridgehead atoms. The summed E-state index contributed by atoms with van der Waals surface area (Å²) in [6.07, 6.45) is 8.50. The molecule has 4 aromatic heterocycles. The fourth-order valence-corrected chi connectivity index (χ4v) is 5.94. The number of hydrogen-bond donors (Lipinski definition) is 4.